The van der Waals surface area contributed by atoms with Crippen LogP contribution in [0.25, 0.3) is 0 Å². The molecule has 0 saturated heterocycles. The average molecular weight is 346 g/mol. The van der Waals surface area contributed by atoms with Crippen LogP contribution in [0, 0.1) is 13.8 Å². The summed E-state index contributed by atoms with van der Waals surface area (Å²) in [4.78, 5) is 14.6. The number of aryl methyl sites for hydroxylation is 2. The number of hydrogen-bond acceptors (Lipinski definition) is 1. The third-order valence-corrected chi connectivity index (χ3v) is 4.05. The van der Waals surface area contributed by atoms with E-state index in [9.17, 15) is 4.79 Å². The number of carbonyl (C=O) groups excluding carboxylic acids is 1. The highest BCUT2D eigenvalue weighted by atomic mass is 79.9. The van der Waals surface area contributed by atoms with Gasteiger partial charge in [0.15, 0.2) is 0 Å². The molecule has 2 nitrogen and oxygen atoms in total. The first kappa shape index (κ1) is 15.8. The molecule has 0 heterocycles. The van der Waals surface area contributed by atoms with E-state index < -0.39 is 0 Å². The van der Waals surface area contributed by atoms with Gasteiger partial charge in [0.1, 0.15) is 0 Å². The fraction of sp³-hybridized carbons (Fsp3) is 0.278. The Morgan fingerprint density at radius 1 is 1.14 bits per heavy atom. The largest absolute Gasteiger partial charge is 0.335 e. The summed E-state index contributed by atoms with van der Waals surface area (Å²) < 4.78 is 0.933. The first-order valence-corrected chi connectivity index (χ1v) is 7.91. The van der Waals surface area contributed by atoms with Crippen molar-refractivity contribution in [3.05, 3.63) is 69.2 Å². The van der Waals surface area contributed by atoms with Crippen molar-refractivity contribution in [2.24, 2.45) is 0 Å². The lowest BCUT2D eigenvalue weighted by Gasteiger charge is -2.22. The molecule has 0 radical (unpaired) electrons. The second-order valence-corrected chi connectivity index (χ2v) is 6.18. The molecule has 21 heavy (non-hydrogen) atoms. The van der Waals surface area contributed by atoms with Crippen molar-refractivity contribution in [3.63, 3.8) is 0 Å². The summed E-state index contributed by atoms with van der Waals surface area (Å²) in [5, 5.41) is 0. The molecular formula is C18H20BrNO. The summed E-state index contributed by atoms with van der Waals surface area (Å²) in [5.74, 6) is 0.0813. The lowest BCUT2D eigenvalue weighted by atomic mass is 10.1. The molecule has 2 aromatic carbocycles. The van der Waals surface area contributed by atoms with Crippen LogP contribution in [-0.4, -0.2) is 17.4 Å². The van der Waals surface area contributed by atoms with Gasteiger partial charge in [-0.25, -0.2) is 0 Å². The Bertz CT molecular complexity index is 651. The van der Waals surface area contributed by atoms with Gasteiger partial charge in [-0.2, -0.15) is 0 Å². The minimum absolute atomic E-state index is 0.0813. The lowest BCUT2D eigenvalue weighted by Crippen LogP contribution is -2.30. The Kier molecular flexibility index (Phi) is 5.18. The minimum atomic E-state index is 0.0813. The van der Waals surface area contributed by atoms with Gasteiger partial charge in [-0.15, -0.1) is 0 Å². The van der Waals surface area contributed by atoms with Crippen LogP contribution in [-0.2, 0) is 6.54 Å². The van der Waals surface area contributed by atoms with Crippen LogP contribution in [0.2, 0.25) is 0 Å². The van der Waals surface area contributed by atoms with Gasteiger partial charge in [0.25, 0.3) is 5.91 Å². The zero-order valence-electron chi connectivity index (χ0n) is 12.7. The van der Waals surface area contributed by atoms with Gasteiger partial charge >= 0.3 is 0 Å². The SMILES string of the molecule is CCN(Cc1cccc(C)c1)C(=O)c1cc(Br)ccc1C. The Labute approximate surface area is 134 Å². The van der Waals surface area contributed by atoms with Crippen molar-refractivity contribution in [2.75, 3.05) is 6.54 Å². The number of carbonyl (C=O) groups is 1. The third-order valence-electron chi connectivity index (χ3n) is 3.55. The van der Waals surface area contributed by atoms with E-state index in [1.165, 1.54) is 5.56 Å². The number of hydrogen-bond donors (Lipinski definition) is 0. The number of halogens is 1. The Morgan fingerprint density at radius 3 is 2.57 bits per heavy atom. The van der Waals surface area contributed by atoms with E-state index >= 15 is 0 Å². The standard InChI is InChI=1S/C18H20BrNO/c1-4-20(12-15-7-5-6-13(2)10-15)18(21)17-11-16(19)9-8-14(17)3/h5-11H,4,12H2,1-3H3. The zero-order chi connectivity index (χ0) is 15.4. The summed E-state index contributed by atoms with van der Waals surface area (Å²) in [6.07, 6.45) is 0. The van der Waals surface area contributed by atoms with E-state index in [-0.39, 0.29) is 5.91 Å². The molecule has 0 bridgehead atoms. The molecule has 0 saturated carbocycles. The van der Waals surface area contributed by atoms with Crippen molar-refractivity contribution in [3.8, 4) is 0 Å². The summed E-state index contributed by atoms with van der Waals surface area (Å²) in [6.45, 7) is 7.39. The topological polar surface area (TPSA) is 20.3 Å². The Balaban J connectivity index is 2.24. The number of rotatable bonds is 4. The fourth-order valence-corrected chi connectivity index (χ4v) is 2.71. The molecule has 2 rings (SSSR count). The fourth-order valence-electron chi connectivity index (χ4n) is 2.35. The van der Waals surface area contributed by atoms with Gasteiger partial charge in [0.05, 0.1) is 0 Å². The summed E-state index contributed by atoms with van der Waals surface area (Å²) >= 11 is 3.44. The predicted octanol–water partition coefficient (Wildman–Crippen LogP) is 4.73. The maximum Gasteiger partial charge on any atom is 0.254 e. The Hall–Kier alpha value is -1.61. The summed E-state index contributed by atoms with van der Waals surface area (Å²) in [6, 6.07) is 14.1. The second-order valence-electron chi connectivity index (χ2n) is 5.27. The maximum absolute atomic E-state index is 12.7. The molecule has 0 aliphatic carbocycles. The van der Waals surface area contributed by atoms with Crippen LogP contribution in [0.4, 0.5) is 0 Å². The van der Waals surface area contributed by atoms with E-state index in [1.807, 2.05) is 43.0 Å². The van der Waals surface area contributed by atoms with Crippen LogP contribution in [0.3, 0.4) is 0 Å². The van der Waals surface area contributed by atoms with Crippen molar-refractivity contribution < 1.29 is 4.79 Å². The number of nitrogens with zero attached hydrogens (tertiary/aromatic N) is 1. The highest BCUT2D eigenvalue weighted by Crippen LogP contribution is 2.19. The van der Waals surface area contributed by atoms with Gasteiger partial charge < -0.3 is 4.90 Å². The molecule has 0 fully saturated rings. The summed E-state index contributed by atoms with van der Waals surface area (Å²) in [7, 11) is 0. The van der Waals surface area contributed by atoms with E-state index in [0.717, 1.165) is 21.2 Å². The number of benzene rings is 2. The normalized spacial score (nSPS) is 10.5. The van der Waals surface area contributed by atoms with Crippen molar-refractivity contribution in [2.45, 2.75) is 27.3 Å². The molecule has 2 aromatic rings. The van der Waals surface area contributed by atoms with E-state index in [2.05, 4.69) is 41.1 Å². The van der Waals surface area contributed by atoms with Crippen LogP contribution in [0.15, 0.2) is 46.9 Å². The molecular weight excluding hydrogens is 326 g/mol. The van der Waals surface area contributed by atoms with Gasteiger partial charge in [-0.05, 0) is 44.0 Å². The quantitative estimate of drug-likeness (QED) is 0.784. The van der Waals surface area contributed by atoms with Crippen LogP contribution in [0.1, 0.15) is 34.0 Å². The zero-order valence-corrected chi connectivity index (χ0v) is 14.3. The molecule has 1 amide bonds. The lowest BCUT2D eigenvalue weighted by molar-refractivity contribution is 0.0751. The van der Waals surface area contributed by atoms with Crippen LogP contribution < -0.4 is 0 Å². The van der Waals surface area contributed by atoms with Crippen molar-refractivity contribution in [1.82, 2.24) is 4.90 Å². The second kappa shape index (κ2) is 6.90. The van der Waals surface area contributed by atoms with Crippen molar-refractivity contribution >= 4 is 21.8 Å². The van der Waals surface area contributed by atoms with Crippen molar-refractivity contribution in [1.29, 1.82) is 0 Å². The molecule has 0 aliphatic heterocycles. The molecule has 0 N–H and O–H groups in total. The van der Waals surface area contributed by atoms with Gasteiger partial charge in [0.2, 0.25) is 0 Å². The molecule has 0 aromatic heterocycles. The molecule has 0 unspecified atom stereocenters. The Morgan fingerprint density at radius 2 is 1.90 bits per heavy atom. The molecule has 0 atom stereocenters. The first-order chi connectivity index (χ1) is 10.0. The molecule has 110 valence electrons. The number of amides is 1. The highest BCUT2D eigenvalue weighted by molar-refractivity contribution is 9.10. The molecule has 0 aliphatic rings. The van der Waals surface area contributed by atoms with Gasteiger partial charge in [0, 0.05) is 23.1 Å². The molecule has 0 spiro atoms. The van der Waals surface area contributed by atoms with E-state index in [0.29, 0.717) is 13.1 Å². The maximum atomic E-state index is 12.7. The monoisotopic (exact) mass is 345 g/mol. The highest BCUT2D eigenvalue weighted by Gasteiger charge is 2.17. The van der Waals surface area contributed by atoms with E-state index in [4.69, 9.17) is 0 Å². The third kappa shape index (κ3) is 3.94. The van der Waals surface area contributed by atoms with Gasteiger partial charge in [-0.3, -0.25) is 4.79 Å². The van der Waals surface area contributed by atoms with Crippen LogP contribution in [0.5, 0.6) is 0 Å². The average Bonchev–Trinajstić information content (AvgIpc) is 2.46. The van der Waals surface area contributed by atoms with E-state index in [1.54, 1.807) is 0 Å². The summed E-state index contributed by atoms with van der Waals surface area (Å²) in [5.41, 5.74) is 4.15. The van der Waals surface area contributed by atoms with Gasteiger partial charge in [-0.1, -0.05) is 51.8 Å². The first-order valence-electron chi connectivity index (χ1n) is 7.12. The smallest absolute Gasteiger partial charge is 0.254 e. The minimum Gasteiger partial charge on any atom is -0.335 e. The predicted molar refractivity (Wildman–Crippen MR) is 90.5 cm³/mol. The molecule has 3 heteroatoms. The van der Waals surface area contributed by atoms with Crippen LogP contribution >= 0.6 is 15.9 Å².